The van der Waals surface area contributed by atoms with Gasteiger partial charge in [-0.25, -0.2) is 5.84 Å². The molecule has 0 radical (unpaired) electrons. The highest BCUT2D eigenvalue weighted by Crippen LogP contribution is 2.13. The van der Waals surface area contributed by atoms with Crippen LogP contribution in [0.25, 0.3) is 0 Å². The highest BCUT2D eigenvalue weighted by Gasteiger charge is 1.98. The lowest BCUT2D eigenvalue weighted by atomic mass is 10.0. The summed E-state index contributed by atoms with van der Waals surface area (Å²) in [6.45, 7) is 6.32. The van der Waals surface area contributed by atoms with E-state index in [1.807, 2.05) is 13.8 Å². The van der Waals surface area contributed by atoms with Gasteiger partial charge in [-0.15, -0.1) is 0 Å². The average Bonchev–Trinajstić information content (AvgIpc) is 2.65. The SMILES string of the molecule is CC(C)CC=O.CCCCCCCCCCCCCCCCCC(=O)NN. The number of nitrogens with one attached hydrogen (secondary N) is 1. The fourth-order valence-electron chi connectivity index (χ4n) is 2.92. The van der Waals surface area contributed by atoms with E-state index in [1.54, 1.807) is 0 Å². The molecule has 162 valence electrons. The van der Waals surface area contributed by atoms with Crippen molar-refractivity contribution in [3.05, 3.63) is 0 Å². The molecule has 0 aromatic heterocycles. The second kappa shape index (κ2) is 25.1. The first-order chi connectivity index (χ1) is 13.1. The Bertz CT molecular complexity index is 307. The third kappa shape index (κ3) is 30.1. The van der Waals surface area contributed by atoms with Crippen LogP contribution in [0.2, 0.25) is 0 Å². The monoisotopic (exact) mass is 384 g/mol. The van der Waals surface area contributed by atoms with E-state index in [2.05, 4.69) is 12.3 Å². The molecule has 0 aliphatic heterocycles. The second-order valence-corrected chi connectivity index (χ2v) is 8.06. The summed E-state index contributed by atoms with van der Waals surface area (Å²) in [7, 11) is 0. The summed E-state index contributed by atoms with van der Waals surface area (Å²) >= 11 is 0. The topological polar surface area (TPSA) is 72.2 Å². The van der Waals surface area contributed by atoms with E-state index in [9.17, 15) is 9.59 Å². The number of rotatable bonds is 18. The molecule has 4 nitrogen and oxygen atoms in total. The molecule has 0 saturated heterocycles. The number of hydrazine groups is 1. The van der Waals surface area contributed by atoms with Gasteiger partial charge in [0.1, 0.15) is 6.29 Å². The zero-order valence-electron chi connectivity index (χ0n) is 18.6. The summed E-state index contributed by atoms with van der Waals surface area (Å²) < 4.78 is 0. The predicted octanol–water partition coefficient (Wildman–Crippen LogP) is 6.47. The first kappa shape index (κ1) is 28.3. The Kier molecular flexibility index (Phi) is 26.3. The van der Waals surface area contributed by atoms with Crippen molar-refractivity contribution in [3.63, 3.8) is 0 Å². The highest BCUT2D eigenvalue weighted by atomic mass is 16.2. The quantitative estimate of drug-likeness (QED) is 0.0935. The van der Waals surface area contributed by atoms with Gasteiger partial charge in [0, 0.05) is 12.8 Å². The molecule has 0 aromatic carbocycles. The Morgan fingerprint density at radius 2 is 1.15 bits per heavy atom. The van der Waals surface area contributed by atoms with Crippen LogP contribution in [0.3, 0.4) is 0 Å². The van der Waals surface area contributed by atoms with Crippen molar-refractivity contribution in [1.29, 1.82) is 0 Å². The molecule has 1 amide bonds. The molecule has 3 N–H and O–H groups in total. The van der Waals surface area contributed by atoms with Gasteiger partial charge in [0.2, 0.25) is 5.91 Å². The van der Waals surface area contributed by atoms with Gasteiger partial charge in [-0.3, -0.25) is 10.2 Å². The molecule has 0 saturated carbocycles. The van der Waals surface area contributed by atoms with Crippen LogP contribution < -0.4 is 11.3 Å². The molecule has 0 bridgehead atoms. The van der Waals surface area contributed by atoms with Crippen molar-refractivity contribution in [2.75, 3.05) is 0 Å². The predicted molar refractivity (Wildman–Crippen MR) is 117 cm³/mol. The van der Waals surface area contributed by atoms with Gasteiger partial charge in [-0.1, -0.05) is 111 Å². The van der Waals surface area contributed by atoms with Crippen LogP contribution in [0.5, 0.6) is 0 Å². The van der Waals surface area contributed by atoms with Gasteiger partial charge >= 0.3 is 0 Å². The van der Waals surface area contributed by atoms with Crippen molar-refractivity contribution in [3.8, 4) is 0 Å². The Labute approximate surface area is 169 Å². The number of carbonyl (C=O) groups excluding carboxylic acids is 2. The minimum atomic E-state index is -0.0373. The summed E-state index contributed by atoms with van der Waals surface area (Å²) in [5.74, 6) is 5.53. The first-order valence-corrected chi connectivity index (χ1v) is 11.5. The number of carbonyl (C=O) groups is 2. The van der Waals surface area contributed by atoms with E-state index in [0.717, 1.165) is 19.1 Å². The van der Waals surface area contributed by atoms with Gasteiger partial charge in [-0.05, 0) is 12.3 Å². The lowest BCUT2D eigenvalue weighted by Crippen LogP contribution is -2.29. The maximum atomic E-state index is 10.9. The van der Waals surface area contributed by atoms with Crippen molar-refractivity contribution in [2.24, 2.45) is 11.8 Å². The zero-order valence-corrected chi connectivity index (χ0v) is 18.6. The minimum Gasteiger partial charge on any atom is -0.303 e. The van der Waals surface area contributed by atoms with Gasteiger partial charge in [0.25, 0.3) is 0 Å². The molecule has 0 aliphatic rings. The van der Waals surface area contributed by atoms with Crippen LogP contribution in [0, 0.1) is 5.92 Å². The molecule has 0 unspecified atom stereocenters. The minimum absolute atomic E-state index is 0.0373. The number of hydrogen-bond acceptors (Lipinski definition) is 3. The van der Waals surface area contributed by atoms with Gasteiger partial charge in [0.05, 0.1) is 0 Å². The third-order valence-electron chi connectivity index (χ3n) is 4.74. The fraction of sp³-hybridized carbons (Fsp3) is 0.913. The Balaban J connectivity index is 0. The lowest BCUT2D eigenvalue weighted by Gasteiger charge is -2.03. The molecular weight excluding hydrogens is 336 g/mol. The molecule has 0 rings (SSSR count). The zero-order chi connectivity index (χ0) is 20.6. The van der Waals surface area contributed by atoms with Crippen molar-refractivity contribution < 1.29 is 9.59 Å². The van der Waals surface area contributed by atoms with E-state index < -0.39 is 0 Å². The average molecular weight is 385 g/mol. The summed E-state index contributed by atoms with van der Waals surface area (Å²) in [5.41, 5.74) is 2.18. The van der Waals surface area contributed by atoms with Gasteiger partial charge in [-0.2, -0.15) is 0 Å². The summed E-state index contributed by atoms with van der Waals surface area (Å²) in [5, 5.41) is 0. The third-order valence-corrected chi connectivity index (χ3v) is 4.74. The van der Waals surface area contributed by atoms with E-state index >= 15 is 0 Å². The maximum absolute atomic E-state index is 10.9. The number of hydrogen-bond donors (Lipinski definition) is 2. The van der Waals surface area contributed by atoms with E-state index in [0.29, 0.717) is 18.8 Å². The normalized spacial score (nSPS) is 10.4. The van der Waals surface area contributed by atoms with E-state index in [-0.39, 0.29) is 5.91 Å². The van der Waals surface area contributed by atoms with Crippen LogP contribution in [0.1, 0.15) is 130 Å². The fourth-order valence-corrected chi connectivity index (χ4v) is 2.92. The van der Waals surface area contributed by atoms with Crippen molar-refractivity contribution in [1.82, 2.24) is 5.43 Å². The number of amides is 1. The molecule has 4 heteroatoms. The van der Waals surface area contributed by atoms with Gasteiger partial charge in [0.15, 0.2) is 0 Å². The van der Waals surface area contributed by atoms with Crippen LogP contribution >= 0.6 is 0 Å². The first-order valence-electron chi connectivity index (χ1n) is 11.5. The summed E-state index contributed by atoms with van der Waals surface area (Å²) in [4.78, 5) is 20.5. The molecule has 0 heterocycles. The summed E-state index contributed by atoms with van der Waals surface area (Å²) in [6, 6.07) is 0. The Morgan fingerprint density at radius 3 is 1.41 bits per heavy atom. The molecular formula is C23H48N2O2. The number of nitrogens with two attached hydrogens (primary N) is 1. The van der Waals surface area contributed by atoms with Crippen LogP contribution in [0.15, 0.2) is 0 Å². The largest absolute Gasteiger partial charge is 0.303 e. The van der Waals surface area contributed by atoms with Crippen LogP contribution in [-0.4, -0.2) is 12.2 Å². The molecule has 0 aromatic rings. The maximum Gasteiger partial charge on any atom is 0.233 e. The molecule has 0 atom stereocenters. The van der Waals surface area contributed by atoms with Crippen LogP contribution in [-0.2, 0) is 9.59 Å². The standard InChI is InChI=1S/C18H38N2O.C5H10O/c1-2-3-4-5-6-7-8-9-10-11-12-13-14-15-16-17-18(21)20-19;1-5(2)3-4-6/h2-17,19H2,1H3,(H,20,21);4-5H,3H2,1-2H3. The smallest absolute Gasteiger partial charge is 0.233 e. The Morgan fingerprint density at radius 1 is 0.778 bits per heavy atom. The molecule has 0 fully saturated rings. The van der Waals surface area contributed by atoms with Crippen molar-refractivity contribution >= 4 is 12.2 Å². The van der Waals surface area contributed by atoms with Crippen LogP contribution in [0.4, 0.5) is 0 Å². The lowest BCUT2D eigenvalue weighted by molar-refractivity contribution is -0.121. The highest BCUT2D eigenvalue weighted by molar-refractivity contribution is 5.74. The van der Waals surface area contributed by atoms with Crippen molar-refractivity contribution in [2.45, 2.75) is 130 Å². The second-order valence-electron chi connectivity index (χ2n) is 8.06. The number of unbranched alkanes of at least 4 members (excludes halogenated alkanes) is 14. The van der Waals surface area contributed by atoms with E-state index in [1.165, 1.54) is 83.5 Å². The Hall–Kier alpha value is -0.900. The molecule has 27 heavy (non-hydrogen) atoms. The number of aldehydes is 1. The molecule has 0 aliphatic carbocycles. The summed E-state index contributed by atoms with van der Waals surface area (Å²) in [6.07, 6.45) is 22.5. The molecule has 0 spiro atoms. The van der Waals surface area contributed by atoms with Gasteiger partial charge < -0.3 is 4.79 Å². The van der Waals surface area contributed by atoms with E-state index in [4.69, 9.17) is 5.84 Å².